The zero-order chi connectivity index (χ0) is 14.8. The normalized spacial score (nSPS) is 11.0. The highest BCUT2D eigenvalue weighted by atomic mass is 35.5. The van der Waals surface area contributed by atoms with Crippen LogP contribution >= 0.6 is 22.9 Å². The third kappa shape index (κ3) is 2.88. The largest absolute Gasteiger partial charge is 0.301 e. The molecule has 0 bridgehead atoms. The molecule has 1 amide bonds. The van der Waals surface area contributed by atoms with Gasteiger partial charge in [0.25, 0.3) is 0 Å². The van der Waals surface area contributed by atoms with Gasteiger partial charge in [-0.05, 0) is 30.7 Å². The molecular formula is C13H12ClN5OS. The third-order valence-electron chi connectivity index (χ3n) is 2.82. The van der Waals surface area contributed by atoms with Crippen molar-refractivity contribution >= 4 is 38.9 Å². The van der Waals surface area contributed by atoms with E-state index >= 15 is 0 Å². The van der Waals surface area contributed by atoms with Gasteiger partial charge in [0.2, 0.25) is 16.0 Å². The molecule has 1 N–H and O–H groups in total. The lowest BCUT2D eigenvalue weighted by Gasteiger charge is -1.98. The maximum absolute atomic E-state index is 11.6. The predicted octanol–water partition coefficient (Wildman–Crippen LogP) is 3.24. The number of anilines is 1. The molecular weight excluding hydrogens is 310 g/mol. The van der Waals surface area contributed by atoms with Crippen LogP contribution < -0.4 is 5.32 Å². The summed E-state index contributed by atoms with van der Waals surface area (Å²) in [6.45, 7) is 1.96. The smallest absolute Gasteiger partial charge is 0.236 e. The van der Waals surface area contributed by atoms with Crippen LogP contribution in [0.2, 0.25) is 5.02 Å². The molecule has 108 valence electrons. The van der Waals surface area contributed by atoms with Gasteiger partial charge in [0.05, 0.1) is 0 Å². The topological polar surface area (TPSA) is 72.2 Å². The second kappa shape index (κ2) is 5.79. The average molecular weight is 322 g/mol. The fourth-order valence-corrected chi connectivity index (χ4v) is 2.74. The molecule has 0 aliphatic carbocycles. The first kappa shape index (κ1) is 14.0. The lowest BCUT2D eigenvalue weighted by Crippen LogP contribution is -2.10. The van der Waals surface area contributed by atoms with Gasteiger partial charge in [-0.3, -0.25) is 4.79 Å². The summed E-state index contributed by atoms with van der Waals surface area (Å²) in [7, 11) is 0. The number of hydrogen-bond acceptors (Lipinski definition) is 5. The van der Waals surface area contributed by atoms with Crippen molar-refractivity contribution in [3.05, 3.63) is 29.3 Å². The molecule has 0 saturated carbocycles. The fourth-order valence-electron chi connectivity index (χ4n) is 1.86. The molecule has 0 fully saturated rings. The molecule has 3 rings (SSSR count). The van der Waals surface area contributed by atoms with Crippen molar-refractivity contribution in [3.8, 4) is 11.4 Å². The Labute approximate surface area is 129 Å². The van der Waals surface area contributed by atoms with E-state index in [0.717, 1.165) is 12.0 Å². The van der Waals surface area contributed by atoms with Crippen LogP contribution in [-0.4, -0.2) is 25.7 Å². The van der Waals surface area contributed by atoms with E-state index in [4.69, 9.17) is 11.6 Å². The minimum absolute atomic E-state index is 0.0458. The zero-order valence-electron chi connectivity index (χ0n) is 11.2. The molecule has 0 radical (unpaired) electrons. The van der Waals surface area contributed by atoms with Gasteiger partial charge in [0.15, 0.2) is 5.82 Å². The number of amides is 1. The maximum atomic E-state index is 11.6. The van der Waals surface area contributed by atoms with E-state index in [1.807, 2.05) is 19.1 Å². The van der Waals surface area contributed by atoms with Gasteiger partial charge in [-0.15, -0.1) is 15.3 Å². The van der Waals surface area contributed by atoms with Gasteiger partial charge in [-0.25, -0.2) is 0 Å². The minimum Gasteiger partial charge on any atom is -0.301 e. The SMILES string of the molecule is CCCC(=O)Nc1nn2c(-c3ccc(Cl)cc3)nnc2s1. The van der Waals surface area contributed by atoms with Crippen LogP contribution in [0.15, 0.2) is 24.3 Å². The van der Waals surface area contributed by atoms with E-state index in [-0.39, 0.29) is 5.91 Å². The van der Waals surface area contributed by atoms with Gasteiger partial charge in [-0.1, -0.05) is 29.9 Å². The van der Waals surface area contributed by atoms with Gasteiger partial charge in [-0.2, -0.15) is 4.52 Å². The van der Waals surface area contributed by atoms with E-state index in [0.29, 0.717) is 27.4 Å². The maximum Gasteiger partial charge on any atom is 0.236 e. The van der Waals surface area contributed by atoms with Crippen LogP contribution in [-0.2, 0) is 4.79 Å². The summed E-state index contributed by atoms with van der Waals surface area (Å²) in [4.78, 5) is 12.2. The Hall–Kier alpha value is -1.99. The fraction of sp³-hybridized carbons (Fsp3) is 0.231. The number of hydrogen-bond donors (Lipinski definition) is 1. The van der Waals surface area contributed by atoms with E-state index in [1.54, 1.807) is 16.6 Å². The van der Waals surface area contributed by atoms with Crippen LogP contribution in [0.3, 0.4) is 0 Å². The summed E-state index contributed by atoms with van der Waals surface area (Å²) in [5, 5.41) is 16.5. The van der Waals surface area contributed by atoms with E-state index in [2.05, 4.69) is 20.6 Å². The first-order valence-corrected chi connectivity index (χ1v) is 7.65. The van der Waals surface area contributed by atoms with Crippen molar-refractivity contribution in [3.63, 3.8) is 0 Å². The standard InChI is InChI=1S/C13H12ClN5OS/c1-2-3-10(20)15-12-18-19-11(16-17-13(19)21-12)8-4-6-9(14)7-5-8/h4-7H,2-3H2,1H3,(H,15,18,20). The minimum atomic E-state index is -0.0458. The molecule has 0 saturated heterocycles. The molecule has 6 nitrogen and oxygen atoms in total. The third-order valence-corrected chi connectivity index (χ3v) is 3.88. The predicted molar refractivity (Wildman–Crippen MR) is 82.6 cm³/mol. The molecule has 0 atom stereocenters. The summed E-state index contributed by atoms with van der Waals surface area (Å²) in [5.74, 6) is 0.574. The highest BCUT2D eigenvalue weighted by molar-refractivity contribution is 7.20. The van der Waals surface area contributed by atoms with Crippen molar-refractivity contribution in [1.82, 2.24) is 19.8 Å². The van der Waals surface area contributed by atoms with Gasteiger partial charge >= 0.3 is 0 Å². The van der Waals surface area contributed by atoms with Crippen molar-refractivity contribution in [2.24, 2.45) is 0 Å². The summed E-state index contributed by atoms with van der Waals surface area (Å²) in [6.07, 6.45) is 1.27. The Morgan fingerprint density at radius 2 is 2.10 bits per heavy atom. The van der Waals surface area contributed by atoms with Gasteiger partial charge in [0.1, 0.15) is 0 Å². The molecule has 0 aliphatic rings. The molecule has 0 aliphatic heterocycles. The van der Waals surface area contributed by atoms with Crippen molar-refractivity contribution < 1.29 is 4.79 Å². The number of aromatic nitrogens is 4. The lowest BCUT2D eigenvalue weighted by atomic mass is 10.2. The lowest BCUT2D eigenvalue weighted by molar-refractivity contribution is -0.116. The van der Waals surface area contributed by atoms with E-state index in [9.17, 15) is 4.79 Å². The second-order valence-electron chi connectivity index (χ2n) is 4.43. The number of halogens is 1. The zero-order valence-corrected chi connectivity index (χ0v) is 12.8. The highest BCUT2D eigenvalue weighted by Gasteiger charge is 2.14. The molecule has 2 aromatic heterocycles. The Morgan fingerprint density at radius 1 is 1.33 bits per heavy atom. The number of carbonyl (C=O) groups is 1. The number of nitrogens with zero attached hydrogens (tertiary/aromatic N) is 4. The van der Waals surface area contributed by atoms with Crippen LogP contribution in [0.4, 0.5) is 5.13 Å². The molecule has 1 aromatic carbocycles. The van der Waals surface area contributed by atoms with Crippen molar-refractivity contribution in [2.75, 3.05) is 5.32 Å². The van der Waals surface area contributed by atoms with Gasteiger partial charge in [0, 0.05) is 17.0 Å². The molecule has 8 heteroatoms. The number of carbonyl (C=O) groups excluding carboxylic acids is 1. The van der Waals surface area contributed by atoms with Gasteiger partial charge < -0.3 is 5.32 Å². The van der Waals surface area contributed by atoms with E-state index in [1.165, 1.54) is 11.3 Å². The number of benzene rings is 1. The first-order valence-electron chi connectivity index (χ1n) is 6.45. The molecule has 0 spiro atoms. The molecule has 0 unspecified atom stereocenters. The quantitative estimate of drug-likeness (QED) is 0.800. The summed E-state index contributed by atoms with van der Waals surface area (Å²) >= 11 is 7.17. The average Bonchev–Trinajstić information content (AvgIpc) is 3.00. The second-order valence-corrected chi connectivity index (χ2v) is 5.82. The molecule has 3 aromatic rings. The van der Waals surface area contributed by atoms with E-state index < -0.39 is 0 Å². The Balaban J connectivity index is 1.93. The summed E-state index contributed by atoms with van der Waals surface area (Å²) < 4.78 is 1.62. The first-order chi connectivity index (χ1) is 10.2. The van der Waals surface area contributed by atoms with Crippen molar-refractivity contribution in [1.29, 1.82) is 0 Å². The molecule has 2 heterocycles. The monoisotopic (exact) mass is 321 g/mol. The number of rotatable bonds is 4. The summed E-state index contributed by atoms with van der Waals surface area (Å²) in [5.41, 5.74) is 0.864. The molecule has 21 heavy (non-hydrogen) atoms. The Kier molecular flexibility index (Phi) is 3.85. The Bertz CT molecular complexity index is 780. The van der Waals surface area contributed by atoms with Crippen LogP contribution in [0.1, 0.15) is 19.8 Å². The van der Waals surface area contributed by atoms with Crippen LogP contribution in [0.5, 0.6) is 0 Å². The Morgan fingerprint density at radius 3 is 2.81 bits per heavy atom. The number of fused-ring (bicyclic) bond motifs is 1. The van der Waals surface area contributed by atoms with Crippen molar-refractivity contribution in [2.45, 2.75) is 19.8 Å². The van der Waals surface area contributed by atoms with Crippen LogP contribution in [0, 0.1) is 0 Å². The highest BCUT2D eigenvalue weighted by Crippen LogP contribution is 2.25. The van der Waals surface area contributed by atoms with Crippen LogP contribution in [0.25, 0.3) is 16.3 Å². The number of nitrogens with one attached hydrogen (secondary N) is 1. The summed E-state index contributed by atoms with van der Waals surface area (Å²) in [6, 6.07) is 7.28.